The lowest BCUT2D eigenvalue weighted by Crippen LogP contribution is -2.38. The molecule has 0 spiro atoms. The van der Waals surface area contributed by atoms with E-state index < -0.39 is 10.0 Å². The number of nitrogens with zero attached hydrogens (tertiary/aromatic N) is 3. The van der Waals surface area contributed by atoms with Crippen LogP contribution in [0.1, 0.15) is 26.3 Å². The number of amidine groups is 1. The summed E-state index contributed by atoms with van der Waals surface area (Å²) in [4.78, 5) is 0. The van der Waals surface area contributed by atoms with Crippen LogP contribution >= 0.6 is 11.6 Å². The molecule has 0 saturated carbocycles. The second-order valence-electron chi connectivity index (χ2n) is 7.18. The molecule has 0 bridgehead atoms. The van der Waals surface area contributed by atoms with Gasteiger partial charge in [0.15, 0.2) is 5.84 Å². The summed E-state index contributed by atoms with van der Waals surface area (Å²) < 4.78 is 33.3. The summed E-state index contributed by atoms with van der Waals surface area (Å²) in [6.45, 7) is 7.15. The molecule has 25 heavy (non-hydrogen) atoms. The molecule has 6 nitrogen and oxygen atoms in total. The Morgan fingerprint density at radius 2 is 1.92 bits per heavy atom. The number of rotatable bonds is 3. The molecule has 1 aromatic carbocycles. The summed E-state index contributed by atoms with van der Waals surface area (Å²) in [7, 11) is -3.48. The minimum Gasteiger partial charge on any atom is -0.493 e. The van der Waals surface area contributed by atoms with E-state index in [1.807, 2.05) is 24.3 Å². The highest BCUT2D eigenvalue weighted by atomic mass is 35.5. The van der Waals surface area contributed by atoms with Crippen molar-refractivity contribution >= 4 is 38.2 Å². The van der Waals surface area contributed by atoms with Crippen molar-refractivity contribution in [3.8, 4) is 5.75 Å². The van der Waals surface area contributed by atoms with Gasteiger partial charge in [0.25, 0.3) is 10.0 Å². The van der Waals surface area contributed by atoms with E-state index in [1.54, 1.807) is 6.08 Å². The number of sulfonamides is 1. The Hall–Kier alpha value is -1.86. The lowest BCUT2D eigenvalue weighted by atomic mass is 9.98. The molecule has 1 aromatic rings. The van der Waals surface area contributed by atoms with Gasteiger partial charge in [-0.15, -0.1) is 4.40 Å². The van der Waals surface area contributed by atoms with Crippen molar-refractivity contribution in [3.63, 3.8) is 0 Å². The topological polar surface area (TPSA) is 71.3 Å². The van der Waals surface area contributed by atoms with Crippen LogP contribution in [0.3, 0.4) is 0 Å². The van der Waals surface area contributed by atoms with E-state index in [9.17, 15) is 8.42 Å². The number of hydrogen-bond donors (Lipinski definition) is 0. The van der Waals surface area contributed by atoms with Crippen LogP contribution in [0.4, 0.5) is 0 Å². The highest BCUT2D eigenvalue weighted by Gasteiger charge is 2.30. The number of benzene rings is 1. The first-order valence-corrected chi connectivity index (χ1v) is 9.91. The number of ether oxygens (including phenoxy) is 1. The molecule has 8 heteroatoms. The average Bonchev–Trinajstić information content (AvgIpc) is 2.52. The largest absolute Gasteiger partial charge is 0.493 e. The number of halogens is 1. The van der Waals surface area contributed by atoms with Gasteiger partial charge < -0.3 is 4.74 Å². The quantitative estimate of drug-likeness (QED) is 0.806. The van der Waals surface area contributed by atoms with Gasteiger partial charge in [0.2, 0.25) is 0 Å². The van der Waals surface area contributed by atoms with Crippen molar-refractivity contribution < 1.29 is 13.2 Å². The molecule has 2 heterocycles. The summed E-state index contributed by atoms with van der Waals surface area (Å²) in [6.07, 6.45) is 1.63. The Bertz CT molecular complexity index is 865. The van der Waals surface area contributed by atoms with Gasteiger partial charge >= 0.3 is 0 Å². The first-order chi connectivity index (χ1) is 11.6. The van der Waals surface area contributed by atoms with Gasteiger partial charge in [0.05, 0.1) is 18.9 Å². The van der Waals surface area contributed by atoms with Gasteiger partial charge in [0.1, 0.15) is 10.9 Å². The Labute approximate surface area is 152 Å². The fourth-order valence-electron chi connectivity index (χ4n) is 2.39. The normalized spacial score (nSPS) is 19.5. The molecule has 0 fully saturated rings. The predicted octanol–water partition coefficient (Wildman–Crippen LogP) is 3.10. The van der Waals surface area contributed by atoms with Gasteiger partial charge in [0, 0.05) is 5.57 Å². The van der Waals surface area contributed by atoms with Crippen molar-refractivity contribution in [3.05, 3.63) is 35.9 Å². The Morgan fingerprint density at radius 1 is 1.24 bits per heavy atom. The van der Waals surface area contributed by atoms with E-state index >= 15 is 0 Å². The molecular weight excluding hydrogens is 362 g/mol. The minimum atomic E-state index is -3.48. The van der Waals surface area contributed by atoms with Crippen LogP contribution in [-0.4, -0.2) is 43.3 Å². The van der Waals surface area contributed by atoms with E-state index in [0.29, 0.717) is 23.2 Å². The van der Waals surface area contributed by atoms with E-state index in [2.05, 4.69) is 30.3 Å². The molecule has 0 aromatic heterocycles. The molecule has 0 atom stereocenters. The van der Waals surface area contributed by atoms with Gasteiger partial charge in [-0.05, 0) is 29.2 Å². The highest BCUT2D eigenvalue weighted by Crippen LogP contribution is 2.28. The van der Waals surface area contributed by atoms with Crippen molar-refractivity contribution in [2.24, 2.45) is 14.9 Å². The number of fused-ring (bicyclic) bond motifs is 1. The highest BCUT2D eigenvalue weighted by molar-refractivity contribution is 7.90. The molecule has 0 N–H and O–H groups in total. The van der Waals surface area contributed by atoms with Crippen molar-refractivity contribution in [2.45, 2.75) is 20.8 Å². The van der Waals surface area contributed by atoms with Crippen molar-refractivity contribution in [1.29, 1.82) is 0 Å². The molecule has 0 aliphatic carbocycles. The second-order valence-corrected chi connectivity index (χ2v) is 9.32. The molecule has 2 aliphatic rings. The molecule has 2 aliphatic heterocycles. The van der Waals surface area contributed by atoms with E-state index in [-0.39, 0.29) is 17.7 Å². The first-order valence-electron chi connectivity index (χ1n) is 7.93. The smallest absolute Gasteiger partial charge is 0.256 e. The summed E-state index contributed by atoms with van der Waals surface area (Å²) >= 11 is 6.09. The third-order valence-corrected chi connectivity index (χ3v) is 4.92. The van der Waals surface area contributed by atoms with Crippen molar-refractivity contribution in [1.82, 2.24) is 5.01 Å². The monoisotopic (exact) mass is 381 g/mol. The maximum atomic E-state index is 11.9. The van der Waals surface area contributed by atoms with Crippen LogP contribution in [-0.2, 0) is 10.0 Å². The first kappa shape index (κ1) is 17.9. The lowest BCUT2D eigenvalue weighted by molar-refractivity contribution is 0.198. The SMILES string of the molecule is CC(C)(C)COc1ccc(C2=CC(Cl)=NN3CCS(=O)(=O)N=C23)cc1. The summed E-state index contributed by atoms with van der Waals surface area (Å²) in [5.41, 5.74) is 1.50. The second kappa shape index (κ2) is 6.46. The third kappa shape index (κ3) is 4.41. The Kier molecular flexibility index (Phi) is 4.64. The number of allylic oxidation sites excluding steroid dienone is 1. The molecule has 0 saturated heterocycles. The molecule has 0 unspecified atom stereocenters. The minimum absolute atomic E-state index is 0.0697. The zero-order valence-electron chi connectivity index (χ0n) is 14.4. The van der Waals surface area contributed by atoms with E-state index in [4.69, 9.17) is 16.3 Å². The van der Waals surface area contributed by atoms with Crippen LogP contribution in [0.25, 0.3) is 5.57 Å². The van der Waals surface area contributed by atoms with Crippen LogP contribution in [0, 0.1) is 5.41 Å². The van der Waals surface area contributed by atoms with Gasteiger partial charge in [-0.2, -0.15) is 5.10 Å². The maximum absolute atomic E-state index is 11.9. The molecule has 134 valence electrons. The summed E-state index contributed by atoms with van der Waals surface area (Å²) in [5, 5.41) is 5.96. The number of hydrogen-bond acceptors (Lipinski definition) is 5. The van der Waals surface area contributed by atoms with E-state index in [1.165, 1.54) is 5.01 Å². The van der Waals surface area contributed by atoms with Crippen LogP contribution in [0.15, 0.2) is 39.8 Å². The maximum Gasteiger partial charge on any atom is 0.256 e. The third-order valence-electron chi connectivity index (χ3n) is 3.59. The van der Waals surface area contributed by atoms with E-state index in [0.717, 1.165) is 11.3 Å². The zero-order chi connectivity index (χ0) is 18.2. The van der Waals surface area contributed by atoms with Crippen LogP contribution in [0.2, 0.25) is 0 Å². The van der Waals surface area contributed by atoms with Crippen LogP contribution < -0.4 is 4.74 Å². The van der Waals surface area contributed by atoms with Crippen LogP contribution in [0.5, 0.6) is 5.75 Å². The van der Waals surface area contributed by atoms with Gasteiger partial charge in [-0.25, -0.2) is 13.4 Å². The number of hydrazone groups is 1. The summed E-state index contributed by atoms with van der Waals surface area (Å²) in [5.74, 6) is 0.987. The van der Waals surface area contributed by atoms with Crippen molar-refractivity contribution in [2.75, 3.05) is 18.9 Å². The zero-order valence-corrected chi connectivity index (χ0v) is 15.9. The molecule has 3 rings (SSSR count). The fraction of sp³-hybridized carbons (Fsp3) is 0.412. The average molecular weight is 382 g/mol. The van der Waals surface area contributed by atoms with Gasteiger partial charge in [-0.1, -0.05) is 44.5 Å². The van der Waals surface area contributed by atoms with Gasteiger partial charge in [-0.3, -0.25) is 0 Å². The standard InChI is InChI=1S/C17H20ClN3O3S/c1-17(2,3)11-24-13-6-4-12(5-7-13)14-10-15(18)19-21-8-9-25(22,23)20-16(14)21/h4-7,10H,8-9,11H2,1-3H3. The molecule has 0 radical (unpaired) electrons. The molecule has 0 amide bonds. The fourth-order valence-corrected chi connectivity index (χ4v) is 3.54. The molecular formula is C17H20ClN3O3S. The lowest BCUT2D eigenvalue weighted by Gasteiger charge is -2.28. The Balaban J connectivity index is 1.89. The Morgan fingerprint density at radius 3 is 2.56 bits per heavy atom. The summed E-state index contributed by atoms with van der Waals surface area (Å²) in [6, 6.07) is 7.43. The predicted molar refractivity (Wildman–Crippen MR) is 101 cm³/mol.